The standard InChI is InChI=1S/C18H31NO/c1-5-10-16(14-19-13-6-2)20-18-12-9-8-11-17(18)15(4)7-3/h8-9,11-12,15-16,19H,5-7,10,13-14H2,1-4H3. The number of hydrogen-bond donors (Lipinski definition) is 1. The van der Waals surface area contributed by atoms with Crippen LogP contribution in [-0.4, -0.2) is 19.2 Å². The van der Waals surface area contributed by atoms with Crippen molar-refractivity contribution in [1.29, 1.82) is 0 Å². The second-order valence-electron chi connectivity index (χ2n) is 5.58. The van der Waals surface area contributed by atoms with Crippen LogP contribution in [0.4, 0.5) is 0 Å². The highest BCUT2D eigenvalue weighted by molar-refractivity contribution is 5.36. The molecule has 0 saturated heterocycles. The number of nitrogens with one attached hydrogen (secondary N) is 1. The van der Waals surface area contributed by atoms with Crippen LogP contribution in [0.25, 0.3) is 0 Å². The molecule has 0 amide bonds. The first kappa shape index (κ1) is 17.0. The number of hydrogen-bond acceptors (Lipinski definition) is 2. The van der Waals surface area contributed by atoms with E-state index in [9.17, 15) is 0 Å². The lowest BCUT2D eigenvalue weighted by molar-refractivity contribution is 0.184. The molecule has 0 fully saturated rings. The van der Waals surface area contributed by atoms with Gasteiger partial charge in [-0.3, -0.25) is 0 Å². The zero-order valence-electron chi connectivity index (χ0n) is 13.6. The molecule has 0 spiro atoms. The van der Waals surface area contributed by atoms with E-state index in [0.717, 1.165) is 38.1 Å². The first-order valence-electron chi connectivity index (χ1n) is 8.19. The van der Waals surface area contributed by atoms with Gasteiger partial charge in [-0.1, -0.05) is 52.3 Å². The first-order valence-corrected chi connectivity index (χ1v) is 8.19. The van der Waals surface area contributed by atoms with Gasteiger partial charge >= 0.3 is 0 Å². The third kappa shape index (κ3) is 5.54. The van der Waals surface area contributed by atoms with E-state index in [1.807, 2.05) is 0 Å². The lowest BCUT2D eigenvalue weighted by Crippen LogP contribution is -2.32. The molecule has 2 heteroatoms. The molecule has 0 aromatic heterocycles. The molecule has 1 rings (SSSR count). The predicted octanol–water partition coefficient (Wildman–Crippen LogP) is 4.75. The summed E-state index contributed by atoms with van der Waals surface area (Å²) in [5.41, 5.74) is 1.34. The molecule has 2 nitrogen and oxygen atoms in total. The average Bonchev–Trinajstić information content (AvgIpc) is 2.47. The van der Waals surface area contributed by atoms with Crippen molar-refractivity contribution in [1.82, 2.24) is 5.32 Å². The molecule has 0 saturated carbocycles. The fourth-order valence-corrected chi connectivity index (χ4v) is 2.36. The quantitative estimate of drug-likeness (QED) is 0.623. The van der Waals surface area contributed by atoms with Crippen LogP contribution < -0.4 is 10.1 Å². The van der Waals surface area contributed by atoms with Gasteiger partial charge in [-0.2, -0.15) is 0 Å². The average molecular weight is 277 g/mol. The summed E-state index contributed by atoms with van der Waals surface area (Å²) in [5, 5.41) is 3.48. The van der Waals surface area contributed by atoms with Gasteiger partial charge in [0.25, 0.3) is 0 Å². The Morgan fingerprint density at radius 2 is 1.85 bits per heavy atom. The molecular formula is C18H31NO. The highest BCUT2D eigenvalue weighted by Crippen LogP contribution is 2.29. The minimum atomic E-state index is 0.275. The zero-order chi connectivity index (χ0) is 14.8. The van der Waals surface area contributed by atoms with Crippen LogP contribution in [0, 0.1) is 0 Å². The van der Waals surface area contributed by atoms with E-state index in [-0.39, 0.29) is 6.10 Å². The molecule has 1 aromatic rings. The molecule has 0 aliphatic carbocycles. The zero-order valence-corrected chi connectivity index (χ0v) is 13.6. The Kier molecular flexibility index (Phi) is 8.36. The van der Waals surface area contributed by atoms with Gasteiger partial charge < -0.3 is 10.1 Å². The van der Waals surface area contributed by atoms with Gasteiger partial charge in [-0.25, -0.2) is 0 Å². The number of rotatable bonds is 10. The van der Waals surface area contributed by atoms with Crippen LogP contribution in [0.1, 0.15) is 64.9 Å². The highest BCUT2D eigenvalue weighted by atomic mass is 16.5. The minimum Gasteiger partial charge on any atom is -0.489 e. The van der Waals surface area contributed by atoms with Gasteiger partial charge in [0.2, 0.25) is 0 Å². The third-order valence-corrected chi connectivity index (χ3v) is 3.77. The molecule has 1 aromatic carbocycles. The summed E-state index contributed by atoms with van der Waals surface area (Å²) >= 11 is 0. The van der Waals surface area contributed by atoms with E-state index in [0.29, 0.717) is 5.92 Å². The SMILES string of the molecule is CCCNCC(CCC)Oc1ccccc1C(C)CC. The van der Waals surface area contributed by atoms with Crippen LogP contribution >= 0.6 is 0 Å². The normalized spacial score (nSPS) is 14.0. The van der Waals surface area contributed by atoms with Crippen molar-refractivity contribution >= 4 is 0 Å². The molecule has 0 aliphatic rings. The largest absolute Gasteiger partial charge is 0.489 e. The monoisotopic (exact) mass is 277 g/mol. The Morgan fingerprint density at radius 3 is 2.50 bits per heavy atom. The maximum atomic E-state index is 6.29. The molecule has 0 bridgehead atoms. The first-order chi connectivity index (χ1) is 9.72. The van der Waals surface area contributed by atoms with Gasteiger partial charge in [-0.05, 0) is 43.4 Å². The van der Waals surface area contributed by atoms with E-state index in [1.165, 1.54) is 12.0 Å². The Morgan fingerprint density at radius 1 is 1.10 bits per heavy atom. The van der Waals surface area contributed by atoms with E-state index < -0.39 is 0 Å². The number of benzene rings is 1. The minimum absolute atomic E-state index is 0.275. The Labute approximate surface area is 124 Å². The van der Waals surface area contributed by atoms with Crippen LogP contribution in [-0.2, 0) is 0 Å². The fraction of sp³-hybridized carbons (Fsp3) is 0.667. The fourth-order valence-electron chi connectivity index (χ4n) is 2.36. The molecule has 0 heterocycles. The summed E-state index contributed by atoms with van der Waals surface area (Å²) in [7, 11) is 0. The molecule has 2 unspecified atom stereocenters. The van der Waals surface area contributed by atoms with Crippen molar-refractivity contribution in [3.8, 4) is 5.75 Å². The molecule has 20 heavy (non-hydrogen) atoms. The summed E-state index contributed by atoms with van der Waals surface area (Å²) in [6.07, 6.45) is 4.85. The van der Waals surface area contributed by atoms with Gasteiger partial charge in [-0.15, -0.1) is 0 Å². The van der Waals surface area contributed by atoms with Crippen molar-refractivity contribution in [3.05, 3.63) is 29.8 Å². The summed E-state index contributed by atoms with van der Waals surface area (Å²) in [5.74, 6) is 1.62. The Balaban J connectivity index is 2.71. The number of ether oxygens (including phenoxy) is 1. The van der Waals surface area contributed by atoms with Gasteiger partial charge in [0.15, 0.2) is 0 Å². The molecular weight excluding hydrogens is 246 g/mol. The maximum Gasteiger partial charge on any atom is 0.123 e. The molecule has 1 N–H and O–H groups in total. The Bertz CT molecular complexity index is 364. The van der Waals surface area contributed by atoms with Gasteiger partial charge in [0.1, 0.15) is 11.9 Å². The highest BCUT2D eigenvalue weighted by Gasteiger charge is 2.14. The molecule has 2 atom stereocenters. The van der Waals surface area contributed by atoms with Crippen molar-refractivity contribution in [2.75, 3.05) is 13.1 Å². The van der Waals surface area contributed by atoms with E-state index in [2.05, 4.69) is 57.3 Å². The Hall–Kier alpha value is -1.02. The summed E-state index contributed by atoms with van der Waals surface area (Å²) in [6, 6.07) is 8.50. The summed E-state index contributed by atoms with van der Waals surface area (Å²) in [6.45, 7) is 10.9. The summed E-state index contributed by atoms with van der Waals surface area (Å²) in [4.78, 5) is 0. The van der Waals surface area contributed by atoms with E-state index in [4.69, 9.17) is 4.74 Å². The van der Waals surface area contributed by atoms with Crippen molar-refractivity contribution in [2.45, 2.75) is 65.4 Å². The predicted molar refractivity (Wildman–Crippen MR) is 87.6 cm³/mol. The second-order valence-corrected chi connectivity index (χ2v) is 5.58. The number of para-hydroxylation sites is 1. The maximum absolute atomic E-state index is 6.29. The van der Waals surface area contributed by atoms with Gasteiger partial charge in [0.05, 0.1) is 0 Å². The van der Waals surface area contributed by atoms with Crippen molar-refractivity contribution < 1.29 is 4.74 Å². The van der Waals surface area contributed by atoms with E-state index in [1.54, 1.807) is 0 Å². The van der Waals surface area contributed by atoms with Crippen LogP contribution in [0.5, 0.6) is 5.75 Å². The van der Waals surface area contributed by atoms with Gasteiger partial charge in [0, 0.05) is 6.54 Å². The molecule has 114 valence electrons. The van der Waals surface area contributed by atoms with E-state index >= 15 is 0 Å². The topological polar surface area (TPSA) is 21.3 Å². The third-order valence-electron chi connectivity index (χ3n) is 3.77. The second kappa shape index (κ2) is 9.82. The lowest BCUT2D eigenvalue weighted by Gasteiger charge is -2.22. The van der Waals surface area contributed by atoms with Crippen molar-refractivity contribution in [3.63, 3.8) is 0 Å². The molecule has 0 radical (unpaired) electrons. The van der Waals surface area contributed by atoms with Crippen molar-refractivity contribution in [2.24, 2.45) is 0 Å². The lowest BCUT2D eigenvalue weighted by atomic mass is 9.98. The summed E-state index contributed by atoms with van der Waals surface area (Å²) < 4.78 is 6.29. The van der Waals surface area contributed by atoms with Crippen LogP contribution in [0.3, 0.4) is 0 Å². The van der Waals surface area contributed by atoms with Crippen LogP contribution in [0.15, 0.2) is 24.3 Å². The smallest absolute Gasteiger partial charge is 0.123 e. The molecule has 0 aliphatic heterocycles. The van der Waals surface area contributed by atoms with Crippen LogP contribution in [0.2, 0.25) is 0 Å².